The number of thiazole rings is 1. The number of hydrogen-bond donors (Lipinski definition) is 2. The van der Waals surface area contributed by atoms with Gasteiger partial charge in [0.2, 0.25) is 0 Å². The average molecular weight is 218 g/mol. The van der Waals surface area contributed by atoms with Crippen LogP contribution in [-0.4, -0.2) is 11.5 Å². The summed E-state index contributed by atoms with van der Waals surface area (Å²) in [6, 6.07) is 6.26. The van der Waals surface area contributed by atoms with E-state index in [2.05, 4.69) is 22.4 Å². The molecule has 0 radical (unpaired) electrons. The van der Waals surface area contributed by atoms with Crippen molar-refractivity contribution >= 4 is 17.0 Å². The highest BCUT2D eigenvalue weighted by Gasteiger charge is 2.11. The molecule has 1 aromatic heterocycles. The second-order valence-electron chi connectivity index (χ2n) is 3.61. The monoisotopic (exact) mass is 218 g/mol. The van der Waals surface area contributed by atoms with Crippen molar-refractivity contribution < 1.29 is 0 Å². The molecule has 2 heterocycles. The summed E-state index contributed by atoms with van der Waals surface area (Å²) < 4.78 is 0. The molecule has 2 aromatic rings. The zero-order valence-corrected chi connectivity index (χ0v) is 8.86. The highest BCUT2D eigenvalue weighted by atomic mass is 32.1. The minimum absolute atomic E-state index is 0.00336. The predicted octanol–water partition coefficient (Wildman–Crippen LogP) is 2.07. The SMILES string of the molecule is O=c1[nH]c(-c2ccc3c(c2)CCN3)cs1. The van der Waals surface area contributed by atoms with E-state index in [1.54, 1.807) is 0 Å². The maximum absolute atomic E-state index is 11.0. The fourth-order valence-corrected chi connectivity index (χ4v) is 2.48. The van der Waals surface area contributed by atoms with Crippen LogP contribution in [0, 0.1) is 0 Å². The number of hydrogen-bond acceptors (Lipinski definition) is 3. The third-order valence-corrected chi connectivity index (χ3v) is 3.32. The van der Waals surface area contributed by atoms with E-state index in [1.807, 2.05) is 11.4 Å². The zero-order valence-electron chi connectivity index (χ0n) is 8.04. The Labute approximate surface area is 90.8 Å². The molecule has 2 N–H and O–H groups in total. The van der Waals surface area contributed by atoms with Crippen molar-refractivity contribution in [1.29, 1.82) is 0 Å². The van der Waals surface area contributed by atoms with Crippen molar-refractivity contribution in [2.45, 2.75) is 6.42 Å². The first-order chi connectivity index (χ1) is 7.33. The lowest BCUT2D eigenvalue weighted by molar-refractivity contribution is 1.11. The highest BCUT2D eigenvalue weighted by Crippen LogP contribution is 2.27. The molecule has 1 aromatic carbocycles. The Morgan fingerprint density at radius 2 is 2.27 bits per heavy atom. The predicted molar refractivity (Wildman–Crippen MR) is 62.6 cm³/mol. The van der Waals surface area contributed by atoms with Crippen molar-refractivity contribution in [3.05, 3.63) is 38.8 Å². The van der Waals surface area contributed by atoms with Gasteiger partial charge in [-0.05, 0) is 29.7 Å². The Bertz CT molecular complexity index is 556. The molecule has 1 aliphatic heterocycles. The summed E-state index contributed by atoms with van der Waals surface area (Å²) in [5.74, 6) is 0. The van der Waals surface area contributed by atoms with Crippen molar-refractivity contribution in [3.63, 3.8) is 0 Å². The van der Waals surface area contributed by atoms with Gasteiger partial charge in [0, 0.05) is 17.6 Å². The van der Waals surface area contributed by atoms with Crippen LogP contribution in [0.5, 0.6) is 0 Å². The van der Waals surface area contributed by atoms with Crippen molar-refractivity contribution in [2.24, 2.45) is 0 Å². The standard InChI is InChI=1S/C11H10N2OS/c14-11-13-10(6-15-11)7-1-2-9-8(5-7)3-4-12-9/h1-2,5-6,12H,3-4H2,(H,13,14). The van der Waals surface area contributed by atoms with Gasteiger partial charge < -0.3 is 10.3 Å². The van der Waals surface area contributed by atoms with Crippen LogP contribution < -0.4 is 10.2 Å². The van der Waals surface area contributed by atoms with Gasteiger partial charge in [-0.15, -0.1) is 0 Å². The smallest absolute Gasteiger partial charge is 0.304 e. The van der Waals surface area contributed by atoms with E-state index in [0.717, 1.165) is 24.2 Å². The van der Waals surface area contributed by atoms with Gasteiger partial charge in [0.05, 0.1) is 5.69 Å². The quantitative estimate of drug-likeness (QED) is 0.769. The molecular formula is C11H10N2OS. The first kappa shape index (κ1) is 8.73. The second kappa shape index (κ2) is 3.24. The number of benzene rings is 1. The van der Waals surface area contributed by atoms with Crippen LogP contribution in [0.4, 0.5) is 5.69 Å². The maximum atomic E-state index is 11.0. The lowest BCUT2D eigenvalue weighted by atomic mass is 10.1. The van der Waals surface area contributed by atoms with E-state index in [1.165, 1.54) is 22.6 Å². The van der Waals surface area contributed by atoms with Crippen LogP contribution in [0.3, 0.4) is 0 Å². The lowest BCUT2D eigenvalue weighted by Gasteiger charge is -2.02. The largest absolute Gasteiger partial charge is 0.384 e. The molecule has 0 fully saturated rings. The third kappa shape index (κ3) is 1.47. The molecule has 0 aliphatic carbocycles. The molecule has 0 saturated carbocycles. The molecule has 0 atom stereocenters. The molecule has 0 amide bonds. The van der Waals surface area contributed by atoms with Gasteiger partial charge in [-0.3, -0.25) is 4.79 Å². The van der Waals surface area contributed by atoms with E-state index < -0.39 is 0 Å². The molecular weight excluding hydrogens is 208 g/mol. The van der Waals surface area contributed by atoms with E-state index in [9.17, 15) is 4.79 Å². The number of anilines is 1. The molecule has 0 saturated heterocycles. The Balaban J connectivity index is 2.10. The minimum Gasteiger partial charge on any atom is -0.384 e. The number of nitrogens with one attached hydrogen (secondary N) is 2. The number of fused-ring (bicyclic) bond motifs is 1. The molecule has 0 spiro atoms. The van der Waals surface area contributed by atoms with Crippen LogP contribution in [-0.2, 0) is 6.42 Å². The van der Waals surface area contributed by atoms with Crippen LogP contribution in [0.15, 0.2) is 28.4 Å². The van der Waals surface area contributed by atoms with E-state index in [-0.39, 0.29) is 4.87 Å². The molecule has 0 unspecified atom stereocenters. The van der Waals surface area contributed by atoms with Gasteiger partial charge in [0.1, 0.15) is 0 Å². The first-order valence-electron chi connectivity index (χ1n) is 4.88. The van der Waals surface area contributed by atoms with E-state index in [0.29, 0.717) is 0 Å². The number of aromatic amines is 1. The fraction of sp³-hybridized carbons (Fsp3) is 0.182. The summed E-state index contributed by atoms with van der Waals surface area (Å²) in [4.78, 5) is 13.9. The lowest BCUT2D eigenvalue weighted by Crippen LogP contribution is -1.92. The molecule has 15 heavy (non-hydrogen) atoms. The van der Waals surface area contributed by atoms with Gasteiger partial charge in [-0.1, -0.05) is 17.4 Å². The first-order valence-corrected chi connectivity index (χ1v) is 5.76. The van der Waals surface area contributed by atoms with Gasteiger partial charge in [-0.2, -0.15) is 0 Å². The van der Waals surface area contributed by atoms with Crippen LogP contribution in [0.1, 0.15) is 5.56 Å². The average Bonchev–Trinajstić information content (AvgIpc) is 2.84. The normalized spacial score (nSPS) is 13.6. The number of H-pyrrole nitrogens is 1. The summed E-state index contributed by atoms with van der Waals surface area (Å²) in [5.41, 5.74) is 4.56. The number of aromatic nitrogens is 1. The van der Waals surface area contributed by atoms with Gasteiger partial charge in [-0.25, -0.2) is 0 Å². The third-order valence-electron chi connectivity index (χ3n) is 2.65. The molecule has 1 aliphatic rings. The summed E-state index contributed by atoms with van der Waals surface area (Å²) >= 11 is 1.21. The van der Waals surface area contributed by atoms with Gasteiger partial charge in [0.15, 0.2) is 0 Å². The molecule has 0 bridgehead atoms. The Morgan fingerprint density at radius 3 is 3.07 bits per heavy atom. The van der Waals surface area contributed by atoms with E-state index in [4.69, 9.17) is 0 Å². The van der Waals surface area contributed by atoms with Gasteiger partial charge >= 0.3 is 4.87 Å². The summed E-state index contributed by atoms with van der Waals surface area (Å²) in [7, 11) is 0. The topological polar surface area (TPSA) is 44.9 Å². The summed E-state index contributed by atoms with van der Waals surface area (Å²) in [6.07, 6.45) is 1.07. The fourth-order valence-electron chi connectivity index (χ4n) is 1.89. The van der Waals surface area contributed by atoms with Crippen LogP contribution >= 0.6 is 11.3 Å². The zero-order chi connectivity index (χ0) is 10.3. The van der Waals surface area contributed by atoms with Crippen molar-refractivity contribution in [2.75, 3.05) is 11.9 Å². The summed E-state index contributed by atoms with van der Waals surface area (Å²) in [5, 5.41) is 5.18. The summed E-state index contributed by atoms with van der Waals surface area (Å²) in [6.45, 7) is 1.01. The molecule has 3 rings (SSSR count). The van der Waals surface area contributed by atoms with Gasteiger partial charge in [0.25, 0.3) is 0 Å². The Hall–Kier alpha value is -1.55. The Morgan fingerprint density at radius 1 is 1.33 bits per heavy atom. The molecule has 76 valence electrons. The highest BCUT2D eigenvalue weighted by molar-refractivity contribution is 7.07. The van der Waals surface area contributed by atoms with Crippen LogP contribution in [0.2, 0.25) is 0 Å². The van der Waals surface area contributed by atoms with E-state index >= 15 is 0 Å². The number of rotatable bonds is 1. The molecule has 4 heteroatoms. The Kier molecular flexibility index (Phi) is 1.89. The van der Waals surface area contributed by atoms with Crippen LogP contribution in [0.25, 0.3) is 11.3 Å². The molecule has 3 nitrogen and oxygen atoms in total. The van der Waals surface area contributed by atoms with Crippen molar-refractivity contribution in [3.8, 4) is 11.3 Å². The second-order valence-corrected chi connectivity index (χ2v) is 4.45. The minimum atomic E-state index is 0.00336. The van der Waals surface area contributed by atoms with Crippen molar-refractivity contribution in [1.82, 2.24) is 4.98 Å². The maximum Gasteiger partial charge on any atom is 0.304 e.